The van der Waals surface area contributed by atoms with Gasteiger partial charge in [0, 0.05) is 11.5 Å². The SMILES string of the molecule is CNc1nc(Oc2cc(Br)ccc2F)nc(OC(C)C)n1. The van der Waals surface area contributed by atoms with E-state index in [0.717, 1.165) is 0 Å². The van der Waals surface area contributed by atoms with Crippen LogP contribution in [0.1, 0.15) is 13.8 Å². The summed E-state index contributed by atoms with van der Waals surface area (Å²) in [5.74, 6) is -0.241. The molecule has 0 bridgehead atoms. The van der Waals surface area contributed by atoms with Crippen molar-refractivity contribution in [3.63, 3.8) is 0 Å². The van der Waals surface area contributed by atoms with Crippen molar-refractivity contribution < 1.29 is 13.9 Å². The third kappa shape index (κ3) is 4.25. The van der Waals surface area contributed by atoms with Gasteiger partial charge in [0.2, 0.25) is 5.95 Å². The normalized spacial score (nSPS) is 10.6. The van der Waals surface area contributed by atoms with Gasteiger partial charge in [-0.15, -0.1) is 4.98 Å². The molecule has 0 saturated carbocycles. The highest BCUT2D eigenvalue weighted by Crippen LogP contribution is 2.26. The third-order valence-corrected chi connectivity index (χ3v) is 2.75. The van der Waals surface area contributed by atoms with Crippen LogP contribution in [0.3, 0.4) is 0 Å². The lowest BCUT2D eigenvalue weighted by molar-refractivity contribution is 0.218. The molecule has 0 amide bonds. The van der Waals surface area contributed by atoms with Crippen LogP contribution in [0.25, 0.3) is 0 Å². The monoisotopic (exact) mass is 356 g/mol. The van der Waals surface area contributed by atoms with Gasteiger partial charge in [0.05, 0.1) is 6.10 Å². The van der Waals surface area contributed by atoms with Crippen molar-refractivity contribution in [2.75, 3.05) is 12.4 Å². The number of hydrogen-bond donors (Lipinski definition) is 1. The Bertz CT molecular complexity index is 640. The minimum Gasteiger partial charge on any atom is -0.461 e. The molecule has 1 heterocycles. The van der Waals surface area contributed by atoms with Crippen LogP contribution in [-0.4, -0.2) is 28.1 Å². The second-order valence-corrected chi connectivity index (χ2v) is 5.23. The van der Waals surface area contributed by atoms with Gasteiger partial charge in [-0.25, -0.2) is 4.39 Å². The smallest absolute Gasteiger partial charge is 0.330 e. The van der Waals surface area contributed by atoms with E-state index in [2.05, 4.69) is 36.2 Å². The zero-order chi connectivity index (χ0) is 15.4. The fourth-order valence-corrected chi connectivity index (χ4v) is 1.75. The van der Waals surface area contributed by atoms with Gasteiger partial charge in [-0.1, -0.05) is 15.9 Å². The summed E-state index contributed by atoms with van der Waals surface area (Å²) >= 11 is 3.25. The minimum absolute atomic E-state index is 0.00752. The van der Waals surface area contributed by atoms with E-state index in [1.807, 2.05) is 13.8 Å². The largest absolute Gasteiger partial charge is 0.461 e. The van der Waals surface area contributed by atoms with E-state index >= 15 is 0 Å². The predicted molar refractivity (Wildman–Crippen MR) is 79.3 cm³/mol. The first kappa shape index (κ1) is 15.4. The molecular formula is C13H14BrFN4O2. The fraction of sp³-hybridized carbons (Fsp3) is 0.308. The zero-order valence-electron chi connectivity index (χ0n) is 11.7. The number of hydrogen-bond acceptors (Lipinski definition) is 6. The van der Waals surface area contributed by atoms with Gasteiger partial charge < -0.3 is 14.8 Å². The molecule has 112 valence electrons. The highest BCUT2D eigenvalue weighted by molar-refractivity contribution is 9.10. The molecule has 0 saturated heterocycles. The van der Waals surface area contributed by atoms with Crippen LogP contribution in [0.2, 0.25) is 0 Å². The molecule has 0 spiro atoms. The highest BCUT2D eigenvalue weighted by atomic mass is 79.9. The Balaban J connectivity index is 2.32. The summed E-state index contributed by atoms with van der Waals surface area (Å²) in [6, 6.07) is 4.39. The van der Waals surface area contributed by atoms with Crippen LogP contribution in [-0.2, 0) is 0 Å². The number of rotatable bonds is 5. The molecule has 2 rings (SSSR count). The van der Waals surface area contributed by atoms with E-state index in [9.17, 15) is 4.39 Å². The Kier molecular flexibility index (Phi) is 4.89. The van der Waals surface area contributed by atoms with Gasteiger partial charge in [0.15, 0.2) is 11.6 Å². The number of anilines is 1. The van der Waals surface area contributed by atoms with Crippen LogP contribution in [0.15, 0.2) is 22.7 Å². The van der Waals surface area contributed by atoms with Crippen molar-refractivity contribution in [2.45, 2.75) is 20.0 Å². The molecule has 2 aromatic rings. The number of aromatic nitrogens is 3. The van der Waals surface area contributed by atoms with E-state index in [1.165, 1.54) is 12.1 Å². The fourth-order valence-electron chi connectivity index (χ4n) is 1.41. The van der Waals surface area contributed by atoms with Gasteiger partial charge in [0.1, 0.15) is 0 Å². The van der Waals surface area contributed by atoms with Crippen LogP contribution < -0.4 is 14.8 Å². The molecule has 0 fully saturated rings. The average molecular weight is 357 g/mol. The van der Waals surface area contributed by atoms with Crippen LogP contribution >= 0.6 is 15.9 Å². The van der Waals surface area contributed by atoms with Crippen LogP contribution in [0, 0.1) is 5.82 Å². The van der Waals surface area contributed by atoms with Gasteiger partial charge >= 0.3 is 12.0 Å². The number of benzene rings is 1. The van der Waals surface area contributed by atoms with Crippen LogP contribution in [0.4, 0.5) is 10.3 Å². The molecule has 0 unspecified atom stereocenters. The summed E-state index contributed by atoms with van der Waals surface area (Å²) < 4.78 is 25.1. The average Bonchev–Trinajstić information content (AvgIpc) is 2.42. The summed E-state index contributed by atoms with van der Waals surface area (Å²) in [7, 11) is 1.65. The summed E-state index contributed by atoms with van der Waals surface area (Å²) in [6.45, 7) is 3.69. The summed E-state index contributed by atoms with van der Waals surface area (Å²) in [5.41, 5.74) is 0. The molecule has 0 aliphatic carbocycles. The summed E-state index contributed by atoms with van der Waals surface area (Å²) in [4.78, 5) is 12.0. The van der Waals surface area contributed by atoms with Crippen LogP contribution in [0.5, 0.6) is 17.8 Å². The third-order valence-electron chi connectivity index (χ3n) is 2.25. The molecule has 21 heavy (non-hydrogen) atoms. The molecule has 8 heteroatoms. The molecule has 6 nitrogen and oxygen atoms in total. The molecule has 0 atom stereocenters. The van der Waals surface area contributed by atoms with E-state index in [1.54, 1.807) is 13.1 Å². The predicted octanol–water partition coefficient (Wildman–Crippen LogP) is 3.39. The number of ether oxygens (including phenoxy) is 2. The number of nitrogens with one attached hydrogen (secondary N) is 1. The number of nitrogens with zero attached hydrogens (tertiary/aromatic N) is 3. The molecule has 0 radical (unpaired) electrons. The molecule has 1 aromatic carbocycles. The van der Waals surface area contributed by atoms with Crippen molar-refractivity contribution in [2.24, 2.45) is 0 Å². The Hall–Kier alpha value is -1.96. The lowest BCUT2D eigenvalue weighted by atomic mass is 10.3. The van der Waals surface area contributed by atoms with Gasteiger partial charge in [-0.05, 0) is 32.0 Å². The zero-order valence-corrected chi connectivity index (χ0v) is 13.3. The Morgan fingerprint density at radius 1 is 1.19 bits per heavy atom. The first-order valence-electron chi connectivity index (χ1n) is 6.21. The highest BCUT2D eigenvalue weighted by Gasteiger charge is 2.12. The molecule has 1 aromatic heterocycles. The van der Waals surface area contributed by atoms with Crippen molar-refractivity contribution in [3.05, 3.63) is 28.5 Å². The van der Waals surface area contributed by atoms with Gasteiger partial charge in [-0.3, -0.25) is 0 Å². The quantitative estimate of drug-likeness (QED) is 0.885. The summed E-state index contributed by atoms with van der Waals surface area (Å²) in [6.07, 6.45) is -0.104. The molecule has 0 aliphatic heterocycles. The second-order valence-electron chi connectivity index (χ2n) is 4.32. The minimum atomic E-state index is -0.518. The second kappa shape index (κ2) is 6.66. The maximum Gasteiger partial charge on any atom is 0.330 e. The molecule has 1 N–H and O–H groups in total. The van der Waals surface area contributed by atoms with Gasteiger partial charge in [-0.2, -0.15) is 9.97 Å². The maximum absolute atomic E-state index is 13.7. The van der Waals surface area contributed by atoms with E-state index < -0.39 is 5.82 Å². The van der Waals surface area contributed by atoms with E-state index in [0.29, 0.717) is 4.47 Å². The first-order chi connectivity index (χ1) is 9.97. The van der Waals surface area contributed by atoms with Crippen molar-refractivity contribution in [1.29, 1.82) is 0 Å². The standard InChI is InChI=1S/C13H14BrFN4O2/c1-7(2)20-12-17-11(16-3)18-13(19-12)21-10-6-8(14)4-5-9(10)15/h4-7H,1-3H3,(H,16,17,18,19). The van der Waals surface area contributed by atoms with Crippen molar-refractivity contribution in [3.8, 4) is 17.8 Å². The van der Waals surface area contributed by atoms with Crippen molar-refractivity contribution in [1.82, 2.24) is 15.0 Å². The molecule has 0 aliphatic rings. The Morgan fingerprint density at radius 2 is 1.90 bits per heavy atom. The lowest BCUT2D eigenvalue weighted by Crippen LogP contribution is -2.11. The Morgan fingerprint density at radius 3 is 2.57 bits per heavy atom. The maximum atomic E-state index is 13.7. The molecular weight excluding hydrogens is 343 g/mol. The first-order valence-corrected chi connectivity index (χ1v) is 7.00. The lowest BCUT2D eigenvalue weighted by Gasteiger charge is -2.11. The van der Waals surface area contributed by atoms with Gasteiger partial charge in [0.25, 0.3) is 0 Å². The van der Waals surface area contributed by atoms with Crippen molar-refractivity contribution >= 4 is 21.9 Å². The topological polar surface area (TPSA) is 69.2 Å². The Labute approximate surface area is 129 Å². The van der Waals surface area contributed by atoms with E-state index in [4.69, 9.17) is 9.47 Å². The number of halogens is 2. The van der Waals surface area contributed by atoms with E-state index in [-0.39, 0.29) is 29.8 Å². The summed E-state index contributed by atoms with van der Waals surface area (Å²) in [5, 5.41) is 2.77.